The standard InChI is InChI=1S/C25H23BrN8/c26-21-15-29-25-22(23(21)33-12-10-32(11-13-33)16-18-2-1-7-27-14-18)30-24(31-25)19-3-5-20(6-4-19)34-9-8-28-17-34/h1-9,14-15,17H,10-13,16H2,(H,29,30,31). The summed E-state index contributed by atoms with van der Waals surface area (Å²) >= 11 is 3.73. The van der Waals surface area contributed by atoms with Gasteiger partial charge in [-0.05, 0) is 51.8 Å². The van der Waals surface area contributed by atoms with Gasteiger partial charge in [0.2, 0.25) is 0 Å². The number of benzene rings is 1. The lowest BCUT2D eigenvalue weighted by Gasteiger charge is -2.36. The van der Waals surface area contributed by atoms with Gasteiger partial charge in [0.1, 0.15) is 11.3 Å². The summed E-state index contributed by atoms with van der Waals surface area (Å²) in [6.07, 6.45) is 11.1. The molecule has 1 aliphatic rings. The van der Waals surface area contributed by atoms with Crippen LogP contribution in [0.5, 0.6) is 0 Å². The first-order valence-electron chi connectivity index (χ1n) is 11.2. The second-order valence-electron chi connectivity index (χ2n) is 8.38. The Morgan fingerprint density at radius 1 is 0.941 bits per heavy atom. The molecule has 0 unspecified atom stereocenters. The zero-order valence-electron chi connectivity index (χ0n) is 18.5. The normalized spacial score (nSPS) is 14.7. The molecule has 0 amide bonds. The molecule has 1 aromatic carbocycles. The van der Waals surface area contributed by atoms with Crippen molar-refractivity contribution in [1.29, 1.82) is 0 Å². The highest BCUT2D eigenvalue weighted by molar-refractivity contribution is 9.10. The van der Waals surface area contributed by atoms with E-state index in [-0.39, 0.29) is 0 Å². The molecule has 1 fully saturated rings. The first kappa shape index (κ1) is 21.0. The van der Waals surface area contributed by atoms with Crippen LogP contribution < -0.4 is 4.90 Å². The summed E-state index contributed by atoms with van der Waals surface area (Å²) in [4.78, 5) is 26.2. The first-order valence-corrected chi connectivity index (χ1v) is 12.0. The van der Waals surface area contributed by atoms with Crippen molar-refractivity contribution in [2.75, 3.05) is 31.1 Å². The number of anilines is 1. The number of pyridine rings is 2. The number of nitrogens with zero attached hydrogens (tertiary/aromatic N) is 7. The van der Waals surface area contributed by atoms with Gasteiger partial charge in [-0.2, -0.15) is 0 Å². The lowest BCUT2D eigenvalue weighted by molar-refractivity contribution is 0.249. The molecule has 6 rings (SSSR count). The second kappa shape index (κ2) is 9.00. The predicted molar refractivity (Wildman–Crippen MR) is 136 cm³/mol. The Labute approximate surface area is 205 Å². The molecule has 1 aliphatic heterocycles. The van der Waals surface area contributed by atoms with Gasteiger partial charge < -0.3 is 14.5 Å². The minimum absolute atomic E-state index is 0.796. The Balaban J connectivity index is 1.24. The predicted octanol–water partition coefficient (Wildman–Crippen LogP) is 4.29. The van der Waals surface area contributed by atoms with E-state index in [1.807, 2.05) is 35.4 Å². The van der Waals surface area contributed by atoms with Gasteiger partial charge in [-0.15, -0.1) is 0 Å². The number of hydrogen-bond donors (Lipinski definition) is 1. The molecule has 0 atom stereocenters. The number of H-pyrrole nitrogens is 1. The number of halogens is 1. The maximum atomic E-state index is 4.97. The fraction of sp³-hybridized carbons (Fsp3) is 0.200. The van der Waals surface area contributed by atoms with E-state index in [9.17, 15) is 0 Å². The number of hydrogen-bond acceptors (Lipinski definition) is 6. The monoisotopic (exact) mass is 514 g/mol. The minimum atomic E-state index is 0.796. The number of nitrogens with one attached hydrogen (secondary N) is 1. The summed E-state index contributed by atoms with van der Waals surface area (Å²) in [7, 11) is 0. The van der Waals surface area contributed by atoms with Crippen LogP contribution in [0.25, 0.3) is 28.2 Å². The summed E-state index contributed by atoms with van der Waals surface area (Å²) in [6.45, 7) is 4.76. The Hall–Kier alpha value is -3.56. The fourth-order valence-corrected chi connectivity index (χ4v) is 4.98. The molecule has 170 valence electrons. The van der Waals surface area contributed by atoms with Crippen LogP contribution in [0.2, 0.25) is 0 Å². The highest BCUT2D eigenvalue weighted by Crippen LogP contribution is 2.34. The van der Waals surface area contributed by atoms with E-state index in [1.54, 1.807) is 12.5 Å². The molecule has 5 heterocycles. The first-order chi connectivity index (χ1) is 16.7. The van der Waals surface area contributed by atoms with Gasteiger partial charge in [0, 0.05) is 75.0 Å². The van der Waals surface area contributed by atoms with E-state index in [1.165, 1.54) is 5.56 Å². The SMILES string of the molecule is Brc1cnc2[nH]c(-c3ccc(-n4ccnc4)cc3)nc2c1N1CCN(Cc2cccnc2)CC1. The van der Waals surface area contributed by atoms with Gasteiger partial charge in [0.25, 0.3) is 0 Å². The molecule has 4 aromatic heterocycles. The Kier molecular flexibility index (Phi) is 5.56. The van der Waals surface area contributed by atoms with Crippen LogP contribution in [0.4, 0.5) is 5.69 Å². The van der Waals surface area contributed by atoms with E-state index in [0.717, 1.165) is 71.1 Å². The molecule has 0 saturated carbocycles. The summed E-state index contributed by atoms with van der Waals surface area (Å²) in [5.74, 6) is 0.814. The number of imidazole rings is 2. The van der Waals surface area contributed by atoms with Crippen LogP contribution in [0.15, 0.2) is 78.2 Å². The van der Waals surface area contributed by atoms with Crippen molar-refractivity contribution in [2.45, 2.75) is 6.54 Å². The van der Waals surface area contributed by atoms with Crippen LogP contribution in [-0.4, -0.2) is 60.6 Å². The van der Waals surface area contributed by atoms with Gasteiger partial charge in [0.05, 0.1) is 16.5 Å². The third-order valence-electron chi connectivity index (χ3n) is 6.20. The Bertz CT molecular complexity index is 1390. The van der Waals surface area contributed by atoms with Crippen molar-refractivity contribution in [3.8, 4) is 17.1 Å². The van der Waals surface area contributed by atoms with E-state index < -0.39 is 0 Å². The van der Waals surface area contributed by atoms with Crippen molar-refractivity contribution in [3.05, 3.63) is 83.7 Å². The number of fused-ring (bicyclic) bond motifs is 1. The van der Waals surface area contributed by atoms with Gasteiger partial charge >= 0.3 is 0 Å². The highest BCUT2D eigenvalue weighted by Gasteiger charge is 2.23. The quantitative estimate of drug-likeness (QED) is 0.376. The molecule has 1 N–H and O–H groups in total. The summed E-state index contributed by atoms with van der Waals surface area (Å²) in [5.41, 5.74) is 6.12. The fourth-order valence-electron chi connectivity index (χ4n) is 4.44. The van der Waals surface area contributed by atoms with Gasteiger partial charge in [-0.3, -0.25) is 9.88 Å². The molecule has 0 spiro atoms. The minimum Gasteiger partial charge on any atom is -0.366 e. The molecule has 1 saturated heterocycles. The largest absolute Gasteiger partial charge is 0.366 e. The van der Waals surface area contributed by atoms with Crippen LogP contribution in [0.1, 0.15) is 5.56 Å². The Morgan fingerprint density at radius 3 is 2.53 bits per heavy atom. The average Bonchev–Trinajstić information content (AvgIpc) is 3.56. The van der Waals surface area contributed by atoms with E-state index in [2.05, 4.69) is 76.0 Å². The van der Waals surface area contributed by atoms with E-state index in [4.69, 9.17) is 4.98 Å². The van der Waals surface area contributed by atoms with Gasteiger partial charge in [0.15, 0.2) is 5.65 Å². The maximum Gasteiger partial charge on any atom is 0.159 e. The van der Waals surface area contributed by atoms with E-state index in [0.29, 0.717) is 0 Å². The number of piperazine rings is 1. The second-order valence-corrected chi connectivity index (χ2v) is 9.23. The zero-order chi connectivity index (χ0) is 22.9. The molecule has 0 radical (unpaired) electrons. The molecular weight excluding hydrogens is 492 g/mol. The van der Waals surface area contributed by atoms with Crippen molar-refractivity contribution >= 4 is 32.8 Å². The molecule has 0 bridgehead atoms. The Morgan fingerprint density at radius 2 is 1.79 bits per heavy atom. The lowest BCUT2D eigenvalue weighted by Crippen LogP contribution is -2.46. The van der Waals surface area contributed by atoms with Crippen LogP contribution in [0.3, 0.4) is 0 Å². The third-order valence-corrected chi connectivity index (χ3v) is 6.78. The van der Waals surface area contributed by atoms with Gasteiger partial charge in [-0.1, -0.05) is 6.07 Å². The number of rotatable bonds is 5. The van der Waals surface area contributed by atoms with Crippen molar-refractivity contribution in [2.24, 2.45) is 0 Å². The van der Waals surface area contributed by atoms with Crippen LogP contribution in [-0.2, 0) is 6.54 Å². The molecule has 0 aliphatic carbocycles. The lowest BCUT2D eigenvalue weighted by atomic mass is 10.2. The third kappa shape index (κ3) is 4.08. The molecular formula is C25H23BrN8. The summed E-state index contributed by atoms with van der Waals surface area (Å²) < 4.78 is 2.95. The average molecular weight is 515 g/mol. The maximum absolute atomic E-state index is 4.97. The molecule has 5 aromatic rings. The molecule has 34 heavy (non-hydrogen) atoms. The zero-order valence-corrected chi connectivity index (χ0v) is 20.1. The van der Waals surface area contributed by atoms with E-state index >= 15 is 0 Å². The smallest absolute Gasteiger partial charge is 0.159 e. The van der Waals surface area contributed by atoms with Gasteiger partial charge in [-0.25, -0.2) is 15.0 Å². The topological polar surface area (TPSA) is 78.8 Å². The number of aromatic amines is 1. The van der Waals surface area contributed by atoms with Crippen LogP contribution in [0, 0.1) is 0 Å². The van der Waals surface area contributed by atoms with Crippen LogP contribution >= 0.6 is 15.9 Å². The van der Waals surface area contributed by atoms with Crippen molar-refractivity contribution < 1.29 is 0 Å². The summed E-state index contributed by atoms with van der Waals surface area (Å²) in [6, 6.07) is 12.4. The van der Waals surface area contributed by atoms with Crippen molar-refractivity contribution in [1.82, 2.24) is 34.4 Å². The van der Waals surface area contributed by atoms with Crippen molar-refractivity contribution in [3.63, 3.8) is 0 Å². The molecule has 9 heteroatoms. The highest BCUT2D eigenvalue weighted by atomic mass is 79.9. The number of aromatic nitrogens is 6. The summed E-state index contributed by atoms with van der Waals surface area (Å²) in [5, 5.41) is 0. The molecule has 8 nitrogen and oxygen atoms in total.